The number of thiazole rings is 1. The maximum atomic E-state index is 14.1. The average Bonchev–Trinajstić information content (AvgIpc) is 3.32. The molecule has 0 bridgehead atoms. The number of fused-ring (bicyclic) bond motifs is 1. The molecule has 1 aliphatic rings. The normalized spacial score (nSPS) is 17.1. The number of benzene rings is 1. The first kappa shape index (κ1) is 17.1. The Morgan fingerprint density at radius 3 is 3.00 bits per heavy atom. The number of carbonyl (C=O) groups excluding carboxylic acids is 1. The smallest absolute Gasteiger partial charge is 0.278 e. The van der Waals surface area contributed by atoms with E-state index in [1.807, 2.05) is 13.0 Å². The van der Waals surface area contributed by atoms with Crippen LogP contribution in [0.3, 0.4) is 0 Å². The number of aromatic nitrogens is 3. The van der Waals surface area contributed by atoms with Crippen LogP contribution >= 0.6 is 11.3 Å². The Morgan fingerprint density at radius 1 is 1.50 bits per heavy atom. The van der Waals surface area contributed by atoms with Crippen molar-refractivity contribution in [2.75, 3.05) is 18.1 Å². The van der Waals surface area contributed by atoms with Crippen molar-refractivity contribution in [2.24, 2.45) is 7.05 Å². The third kappa shape index (κ3) is 3.10. The van der Waals surface area contributed by atoms with Crippen LogP contribution in [-0.4, -0.2) is 39.9 Å². The van der Waals surface area contributed by atoms with Gasteiger partial charge in [-0.1, -0.05) is 17.4 Å². The van der Waals surface area contributed by atoms with Crippen LogP contribution in [0.25, 0.3) is 10.2 Å². The molecule has 3 heterocycles. The number of nitrogens with zero attached hydrogens (tertiary/aromatic N) is 4. The van der Waals surface area contributed by atoms with Gasteiger partial charge in [0.25, 0.3) is 5.91 Å². The van der Waals surface area contributed by atoms with Crippen LogP contribution < -0.4 is 4.90 Å². The molecular weight excluding hydrogens is 355 g/mol. The highest BCUT2D eigenvalue weighted by Gasteiger charge is 2.29. The van der Waals surface area contributed by atoms with Crippen molar-refractivity contribution in [3.63, 3.8) is 0 Å². The maximum Gasteiger partial charge on any atom is 0.278 e. The summed E-state index contributed by atoms with van der Waals surface area (Å²) in [5.74, 6) is -0.589. The molecule has 1 saturated heterocycles. The van der Waals surface area contributed by atoms with Crippen LogP contribution in [0.15, 0.2) is 24.3 Å². The van der Waals surface area contributed by atoms with Gasteiger partial charge in [0.2, 0.25) is 0 Å². The zero-order valence-corrected chi connectivity index (χ0v) is 15.4. The van der Waals surface area contributed by atoms with Gasteiger partial charge in [-0.3, -0.25) is 14.4 Å². The molecule has 1 atom stereocenters. The van der Waals surface area contributed by atoms with E-state index in [2.05, 4.69) is 10.1 Å². The van der Waals surface area contributed by atoms with Gasteiger partial charge in [0.1, 0.15) is 17.0 Å². The van der Waals surface area contributed by atoms with E-state index in [9.17, 15) is 9.18 Å². The number of anilines is 1. The Balaban J connectivity index is 1.75. The molecule has 136 valence electrons. The number of amides is 1. The van der Waals surface area contributed by atoms with Gasteiger partial charge in [0.05, 0.1) is 23.0 Å². The number of para-hydroxylation sites is 1. The molecular formula is C18H19FN4O2S. The molecule has 6 nitrogen and oxygen atoms in total. The topological polar surface area (TPSA) is 60.3 Å². The predicted octanol–water partition coefficient (Wildman–Crippen LogP) is 3.30. The van der Waals surface area contributed by atoms with Gasteiger partial charge < -0.3 is 4.74 Å². The largest absolute Gasteiger partial charge is 0.376 e. The summed E-state index contributed by atoms with van der Waals surface area (Å²) in [7, 11) is 1.74. The van der Waals surface area contributed by atoms with Gasteiger partial charge in [0, 0.05) is 13.7 Å². The molecule has 0 aliphatic carbocycles. The standard InChI is InChI=1S/C18H19FN4O2S/c1-11-9-14(22(2)21-11)17(24)23(10-12-5-4-8-25-12)18-20-16-13(19)6-3-7-15(16)26-18/h3,6-7,9,12H,4-5,8,10H2,1-2H3/t12-/m0/s1. The minimum Gasteiger partial charge on any atom is -0.376 e. The number of halogens is 1. The second-order valence-corrected chi connectivity index (χ2v) is 7.44. The predicted molar refractivity (Wildman–Crippen MR) is 98.2 cm³/mol. The summed E-state index contributed by atoms with van der Waals surface area (Å²) in [6.07, 6.45) is 1.84. The van der Waals surface area contributed by atoms with Crippen LogP contribution in [0, 0.1) is 12.7 Å². The Kier molecular flexibility index (Phi) is 4.46. The number of rotatable bonds is 4. The quantitative estimate of drug-likeness (QED) is 0.703. The minimum atomic E-state index is -0.383. The number of ether oxygens (including phenoxy) is 1. The Hall–Kier alpha value is -2.32. The molecule has 0 spiro atoms. The van der Waals surface area contributed by atoms with E-state index >= 15 is 0 Å². The van der Waals surface area contributed by atoms with Crippen LogP contribution in [0.1, 0.15) is 29.0 Å². The molecule has 0 saturated carbocycles. The molecule has 0 radical (unpaired) electrons. The van der Waals surface area contributed by atoms with Crippen LogP contribution in [-0.2, 0) is 11.8 Å². The second kappa shape index (κ2) is 6.77. The summed E-state index contributed by atoms with van der Waals surface area (Å²) < 4.78 is 22.0. The SMILES string of the molecule is Cc1cc(C(=O)N(C[C@@H]2CCCO2)c2nc3c(F)cccc3s2)n(C)n1. The Morgan fingerprint density at radius 2 is 2.35 bits per heavy atom. The Labute approximate surface area is 154 Å². The van der Waals surface area contributed by atoms with Gasteiger partial charge in [-0.05, 0) is 38.0 Å². The number of aryl methyl sites for hydroxylation is 2. The van der Waals surface area contributed by atoms with Gasteiger partial charge in [-0.25, -0.2) is 9.37 Å². The van der Waals surface area contributed by atoms with Crippen LogP contribution in [0.5, 0.6) is 0 Å². The van der Waals surface area contributed by atoms with E-state index in [1.165, 1.54) is 17.4 Å². The highest BCUT2D eigenvalue weighted by Crippen LogP contribution is 2.32. The lowest BCUT2D eigenvalue weighted by Crippen LogP contribution is -2.38. The van der Waals surface area contributed by atoms with Crippen molar-refractivity contribution in [2.45, 2.75) is 25.9 Å². The molecule has 4 rings (SSSR count). The highest BCUT2D eigenvalue weighted by molar-refractivity contribution is 7.22. The number of carbonyl (C=O) groups is 1. The first-order chi connectivity index (χ1) is 12.5. The van der Waals surface area contributed by atoms with Gasteiger partial charge in [0.15, 0.2) is 5.13 Å². The van der Waals surface area contributed by atoms with E-state index in [1.54, 1.807) is 28.8 Å². The molecule has 0 N–H and O–H groups in total. The Bertz CT molecular complexity index is 961. The third-order valence-electron chi connectivity index (χ3n) is 4.47. The minimum absolute atomic E-state index is 0.0369. The van der Waals surface area contributed by atoms with E-state index in [0.717, 1.165) is 18.5 Å². The fourth-order valence-corrected chi connectivity index (χ4v) is 4.20. The summed E-state index contributed by atoms with van der Waals surface area (Å²) in [5.41, 5.74) is 1.53. The fourth-order valence-electron chi connectivity index (χ4n) is 3.21. The van der Waals surface area contributed by atoms with Gasteiger partial charge >= 0.3 is 0 Å². The fraction of sp³-hybridized carbons (Fsp3) is 0.389. The lowest BCUT2D eigenvalue weighted by molar-refractivity contribution is 0.0909. The van der Waals surface area contributed by atoms with Gasteiger partial charge in [-0.15, -0.1) is 0 Å². The average molecular weight is 374 g/mol. The van der Waals surface area contributed by atoms with E-state index in [-0.39, 0.29) is 17.8 Å². The second-order valence-electron chi connectivity index (χ2n) is 6.43. The summed E-state index contributed by atoms with van der Waals surface area (Å²) in [4.78, 5) is 19.2. The van der Waals surface area contributed by atoms with Crippen molar-refractivity contribution in [1.29, 1.82) is 0 Å². The monoisotopic (exact) mass is 374 g/mol. The van der Waals surface area contributed by atoms with E-state index in [4.69, 9.17) is 4.74 Å². The molecule has 1 aromatic carbocycles. The van der Waals surface area contributed by atoms with Crippen molar-refractivity contribution in [3.05, 3.63) is 41.5 Å². The van der Waals surface area contributed by atoms with Crippen molar-refractivity contribution in [3.8, 4) is 0 Å². The van der Waals surface area contributed by atoms with Crippen molar-refractivity contribution in [1.82, 2.24) is 14.8 Å². The molecule has 1 amide bonds. The first-order valence-electron chi connectivity index (χ1n) is 8.52. The molecule has 0 unspecified atom stereocenters. The van der Waals surface area contributed by atoms with Crippen molar-refractivity contribution >= 4 is 32.6 Å². The first-order valence-corrected chi connectivity index (χ1v) is 9.34. The third-order valence-corrected chi connectivity index (χ3v) is 5.51. The molecule has 2 aromatic heterocycles. The zero-order chi connectivity index (χ0) is 18.3. The molecule has 8 heteroatoms. The lowest BCUT2D eigenvalue weighted by Gasteiger charge is -2.22. The van der Waals surface area contributed by atoms with E-state index in [0.29, 0.717) is 34.2 Å². The molecule has 1 aliphatic heterocycles. The molecule has 1 fully saturated rings. The van der Waals surface area contributed by atoms with Crippen LogP contribution in [0.2, 0.25) is 0 Å². The molecule has 3 aromatic rings. The zero-order valence-electron chi connectivity index (χ0n) is 14.6. The highest BCUT2D eigenvalue weighted by atomic mass is 32.1. The summed E-state index contributed by atoms with van der Waals surface area (Å²) in [5, 5.41) is 4.73. The summed E-state index contributed by atoms with van der Waals surface area (Å²) in [6, 6.07) is 6.58. The number of hydrogen-bond donors (Lipinski definition) is 0. The van der Waals surface area contributed by atoms with Crippen molar-refractivity contribution < 1.29 is 13.9 Å². The lowest BCUT2D eigenvalue weighted by atomic mass is 10.2. The van der Waals surface area contributed by atoms with Gasteiger partial charge in [-0.2, -0.15) is 5.10 Å². The number of hydrogen-bond acceptors (Lipinski definition) is 5. The van der Waals surface area contributed by atoms with Crippen LogP contribution in [0.4, 0.5) is 9.52 Å². The molecule has 26 heavy (non-hydrogen) atoms. The van der Waals surface area contributed by atoms with E-state index < -0.39 is 0 Å². The summed E-state index contributed by atoms with van der Waals surface area (Å²) in [6.45, 7) is 2.94. The maximum absolute atomic E-state index is 14.1. The summed E-state index contributed by atoms with van der Waals surface area (Å²) >= 11 is 1.31.